The normalized spacial score (nSPS) is 11.8. The Kier molecular flexibility index (Phi) is 3.31. The van der Waals surface area contributed by atoms with Crippen molar-refractivity contribution in [3.63, 3.8) is 0 Å². The van der Waals surface area contributed by atoms with E-state index < -0.39 is 16.8 Å². The first-order chi connectivity index (χ1) is 7.06. The van der Waals surface area contributed by atoms with Gasteiger partial charge in [-0.05, 0) is 12.1 Å². The summed E-state index contributed by atoms with van der Waals surface area (Å²) in [5.74, 6) is -0.607. The Labute approximate surface area is 85.1 Å². The maximum Gasteiger partial charge on any atom is 0.274 e. The number of nitriles is 1. The van der Waals surface area contributed by atoms with E-state index in [0.29, 0.717) is 0 Å². The molecule has 0 amide bonds. The molecule has 0 aromatic heterocycles. The van der Waals surface area contributed by atoms with Gasteiger partial charge in [0.2, 0.25) is 0 Å². The van der Waals surface area contributed by atoms with Gasteiger partial charge in [-0.25, -0.2) is 4.39 Å². The van der Waals surface area contributed by atoms with Crippen molar-refractivity contribution in [3.05, 3.63) is 39.7 Å². The highest BCUT2D eigenvalue weighted by Gasteiger charge is 2.19. The lowest BCUT2D eigenvalue weighted by Gasteiger charge is -2.08. The number of rotatable bonds is 3. The lowest BCUT2D eigenvalue weighted by molar-refractivity contribution is -0.385. The summed E-state index contributed by atoms with van der Waals surface area (Å²) in [6.07, 6.45) is -0.0930. The fourth-order valence-electron chi connectivity index (χ4n) is 1.20. The number of nitro groups is 1. The lowest BCUT2D eigenvalue weighted by Crippen LogP contribution is -2.12. The van der Waals surface area contributed by atoms with Crippen LogP contribution in [-0.2, 0) is 0 Å². The first kappa shape index (κ1) is 11.1. The third-order valence-electron chi connectivity index (χ3n) is 1.90. The van der Waals surface area contributed by atoms with Crippen LogP contribution in [0.5, 0.6) is 0 Å². The Morgan fingerprint density at radius 3 is 2.87 bits per heavy atom. The fourth-order valence-corrected chi connectivity index (χ4v) is 1.20. The predicted molar refractivity (Wildman–Crippen MR) is 50.2 cm³/mol. The van der Waals surface area contributed by atoms with E-state index in [1.807, 2.05) is 0 Å². The van der Waals surface area contributed by atoms with E-state index in [0.717, 1.165) is 18.2 Å². The minimum absolute atomic E-state index is 0.0431. The van der Waals surface area contributed by atoms with E-state index in [1.54, 1.807) is 6.07 Å². The zero-order valence-electron chi connectivity index (χ0n) is 7.68. The maximum atomic E-state index is 12.9. The number of nitrogens with two attached hydrogens (primary N) is 1. The molecule has 1 rings (SSSR count). The molecule has 0 spiro atoms. The average Bonchev–Trinajstić information content (AvgIpc) is 2.17. The van der Waals surface area contributed by atoms with Crippen molar-refractivity contribution < 1.29 is 9.31 Å². The van der Waals surface area contributed by atoms with Crippen molar-refractivity contribution in [1.82, 2.24) is 0 Å². The lowest BCUT2D eigenvalue weighted by atomic mass is 10.0. The van der Waals surface area contributed by atoms with Crippen LogP contribution >= 0.6 is 0 Å². The predicted octanol–water partition coefficient (Wildman–Crippen LogP) is 1.65. The van der Waals surface area contributed by atoms with Gasteiger partial charge < -0.3 is 5.73 Å². The van der Waals surface area contributed by atoms with E-state index >= 15 is 0 Å². The topological polar surface area (TPSA) is 93.0 Å². The van der Waals surface area contributed by atoms with Crippen molar-refractivity contribution in [2.75, 3.05) is 0 Å². The Balaban J connectivity index is 3.19. The number of benzene rings is 1. The molecule has 0 saturated carbocycles. The first-order valence-electron chi connectivity index (χ1n) is 4.12. The van der Waals surface area contributed by atoms with E-state index in [9.17, 15) is 14.5 Å². The van der Waals surface area contributed by atoms with Crippen molar-refractivity contribution >= 4 is 5.69 Å². The van der Waals surface area contributed by atoms with Gasteiger partial charge in [0, 0.05) is 12.1 Å². The molecule has 5 nitrogen and oxygen atoms in total. The third kappa shape index (κ3) is 2.48. The number of hydrogen-bond acceptors (Lipinski definition) is 4. The van der Waals surface area contributed by atoms with Crippen molar-refractivity contribution in [2.24, 2.45) is 5.73 Å². The van der Waals surface area contributed by atoms with Gasteiger partial charge in [0.1, 0.15) is 5.82 Å². The highest BCUT2D eigenvalue weighted by atomic mass is 19.1. The summed E-state index contributed by atoms with van der Waals surface area (Å²) in [5.41, 5.74) is 5.30. The van der Waals surface area contributed by atoms with E-state index in [1.165, 1.54) is 0 Å². The van der Waals surface area contributed by atoms with E-state index in [4.69, 9.17) is 11.0 Å². The maximum absolute atomic E-state index is 12.9. The number of nitro benzene ring substituents is 1. The molecule has 0 aliphatic carbocycles. The molecule has 2 N–H and O–H groups in total. The number of nitrogens with zero attached hydrogens (tertiary/aromatic N) is 2. The molecule has 1 aromatic rings. The highest BCUT2D eigenvalue weighted by molar-refractivity contribution is 5.42. The van der Waals surface area contributed by atoms with Crippen LogP contribution in [0.2, 0.25) is 0 Å². The molecule has 0 bridgehead atoms. The molecule has 15 heavy (non-hydrogen) atoms. The van der Waals surface area contributed by atoms with Crippen LogP contribution < -0.4 is 5.73 Å². The summed E-state index contributed by atoms with van der Waals surface area (Å²) in [4.78, 5) is 9.94. The molecule has 0 saturated heterocycles. The molecular weight excluding hydrogens is 201 g/mol. The molecular formula is C9H8FN3O2. The second-order valence-corrected chi connectivity index (χ2v) is 2.93. The minimum atomic E-state index is -0.842. The summed E-state index contributed by atoms with van der Waals surface area (Å²) in [5, 5.41) is 19.0. The molecule has 0 aliphatic heterocycles. The smallest absolute Gasteiger partial charge is 0.274 e. The summed E-state index contributed by atoms with van der Waals surface area (Å²) in [6, 6.07) is 3.96. The van der Waals surface area contributed by atoms with Gasteiger partial charge in [-0.3, -0.25) is 10.1 Å². The van der Waals surface area contributed by atoms with Crippen LogP contribution in [-0.4, -0.2) is 4.92 Å². The van der Waals surface area contributed by atoms with Crippen LogP contribution in [0, 0.1) is 27.3 Å². The van der Waals surface area contributed by atoms with Crippen molar-refractivity contribution in [1.29, 1.82) is 5.26 Å². The van der Waals surface area contributed by atoms with Gasteiger partial charge in [-0.2, -0.15) is 5.26 Å². The van der Waals surface area contributed by atoms with Gasteiger partial charge in [0.25, 0.3) is 5.69 Å². The first-order valence-corrected chi connectivity index (χ1v) is 4.12. The Morgan fingerprint density at radius 2 is 2.33 bits per heavy atom. The minimum Gasteiger partial charge on any atom is -0.323 e. The monoisotopic (exact) mass is 209 g/mol. The summed E-state index contributed by atoms with van der Waals surface area (Å²) in [7, 11) is 0. The van der Waals surface area contributed by atoms with Crippen LogP contribution in [0.4, 0.5) is 10.1 Å². The molecule has 0 radical (unpaired) electrons. The van der Waals surface area contributed by atoms with Gasteiger partial charge in [-0.1, -0.05) is 0 Å². The van der Waals surface area contributed by atoms with Crippen molar-refractivity contribution in [2.45, 2.75) is 12.5 Å². The Bertz CT molecular complexity index is 428. The van der Waals surface area contributed by atoms with Crippen LogP contribution in [0.15, 0.2) is 18.2 Å². The summed E-state index contributed by atoms with van der Waals surface area (Å²) >= 11 is 0. The average molecular weight is 209 g/mol. The number of hydrogen-bond donors (Lipinski definition) is 1. The van der Waals surface area contributed by atoms with Gasteiger partial charge in [0.05, 0.1) is 23.0 Å². The van der Waals surface area contributed by atoms with Crippen LogP contribution in [0.3, 0.4) is 0 Å². The van der Waals surface area contributed by atoms with E-state index in [2.05, 4.69) is 0 Å². The molecule has 78 valence electrons. The van der Waals surface area contributed by atoms with Gasteiger partial charge in [0.15, 0.2) is 0 Å². The largest absolute Gasteiger partial charge is 0.323 e. The Morgan fingerprint density at radius 1 is 1.67 bits per heavy atom. The zero-order valence-corrected chi connectivity index (χ0v) is 7.68. The SMILES string of the molecule is N#CC[C@@H](N)c1cc(F)ccc1[N+](=O)[O-]. The molecule has 1 atom stereocenters. The second-order valence-electron chi connectivity index (χ2n) is 2.93. The molecule has 6 heteroatoms. The van der Waals surface area contributed by atoms with Gasteiger partial charge >= 0.3 is 0 Å². The van der Waals surface area contributed by atoms with Crippen molar-refractivity contribution in [3.8, 4) is 6.07 Å². The van der Waals surface area contributed by atoms with Crippen LogP contribution in [0.1, 0.15) is 18.0 Å². The second kappa shape index (κ2) is 4.48. The summed E-state index contributed by atoms with van der Waals surface area (Å²) < 4.78 is 12.9. The third-order valence-corrected chi connectivity index (χ3v) is 1.90. The number of halogens is 1. The molecule has 0 heterocycles. The van der Waals surface area contributed by atoms with E-state index in [-0.39, 0.29) is 17.7 Å². The quantitative estimate of drug-likeness (QED) is 0.604. The Hall–Kier alpha value is -2.00. The zero-order chi connectivity index (χ0) is 11.4. The van der Waals surface area contributed by atoms with Crippen LogP contribution in [0.25, 0.3) is 0 Å². The molecule has 0 aliphatic rings. The fraction of sp³-hybridized carbons (Fsp3) is 0.222. The molecule has 0 unspecified atom stereocenters. The highest BCUT2D eigenvalue weighted by Crippen LogP contribution is 2.26. The molecule has 1 aromatic carbocycles. The molecule has 0 fully saturated rings. The van der Waals surface area contributed by atoms with Gasteiger partial charge in [-0.15, -0.1) is 0 Å². The standard InChI is InChI=1S/C9H8FN3O2/c10-6-1-2-9(13(14)15)7(5-6)8(12)3-4-11/h1-2,5,8H,3,12H2/t8-/m1/s1. The summed E-state index contributed by atoms with van der Waals surface area (Å²) in [6.45, 7) is 0.